The third kappa shape index (κ3) is 4.91. The van der Waals surface area contributed by atoms with Crippen molar-refractivity contribution in [3.05, 3.63) is 11.6 Å². The minimum Gasteiger partial charge on any atom is -0.481 e. The number of hydrogen-bond acceptors (Lipinski definition) is 5. The highest BCUT2D eigenvalue weighted by molar-refractivity contribution is 5.95. The molecule has 4 fully saturated rings. The lowest BCUT2D eigenvalue weighted by Crippen LogP contribution is -2.68. The Morgan fingerprint density at radius 2 is 1.59 bits per heavy atom. The molecule has 0 aliphatic heterocycles. The summed E-state index contributed by atoms with van der Waals surface area (Å²) in [6.07, 6.45) is 10.0. The molecule has 5 aliphatic carbocycles. The van der Waals surface area contributed by atoms with Crippen LogP contribution in [0.4, 0.5) is 4.79 Å². The molecule has 4 saturated carbocycles. The van der Waals surface area contributed by atoms with Crippen LogP contribution in [0, 0.1) is 44.8 Å². The van der Waals surface area contributed by atoms with Gasteiger partial charge in [-0.1, -0.05) is 47.1 Å². The molecule has 0 aromatic rings. The normalized spacial score (nSPS) is 44.1. The molecular formula is C35H55N3O6. The molecule has 0 saturated heterocycles. The van der Waals surface area contributed by atoms with Crippen LogP contribution in [0.15, 0.2) is 11.6 Å². The summed E-state index contributed by atoms with van der Waals surface area (Å²) < 4.78 is 0. The smallest absolute Gasteiger partial charge is 0.341 e. The molecule has 0 aromatic heterocycles. The number of aliphatic carboxylic acids is 1. The van der Waals surface area contributed by atoms with Crippen LogP contribution in [-0.4, -0.2) is 57.7 Å². The van der Waals surface area contributed by atoms with Crippen molar-refractivity contribution in [1.82, 2.24) is 15.7 Å². The summed E-state index contributed by atoms with van der Waals surface area (Å²) in [6.45, 7) is 16.0. The number of rotatable bonds is 5. The van der Waals surface area contributed by atoms with Crippen molar-refractivity contribution in [2.75, 3.05) is 7.05 Å². The minimum absolute atomic E-state index is 0.0194. The number of carbonyl (C=O) groups is 4. The Hall–Kier alpha value is -2.42. The molecule has 5 aliphatic rings. The maximum Gasteiger partial charge on any atom is 0.341 e. The number of urea groups is 1. The Kier molecular flexibility index (Phi) is 7.91. The third-order valence-electron chi connectivity index (χ3n) is 14.2. The zero-order valence-electron chi connectivity index (χ0n) is 28.1. The highest BCUT2D eigenvalue weighted by Gasteiger charge is 2.70. The van der Waals surface area contributed by atoms with E-state index in [0.717, 1.165) is 57.8 Å². The van der Waals surface area contributed by atoms with Crippen LogP contribution in [0.3, 0.4) is 0 Å². The lowest BCUT2D eigenvalue weighted by molar-refractivity contribution is -0.189. The molecule has 0 spiro atoms. The van der Waals surface area contributed by atoms with Gasteiger partial charge in [0.05, 0.1) is 6.42 Å². The first-order chi connectivity index (χ1) is 20.2. The number of nitrogens with zero attached hydrogens (tertiary/aromatic N) is 1. The van der Waals surface area contributed by atoms with Crippen LogP contribution in [-0.2, 0) is 14.4 Å². The summed E-state index contributed by atoms with van der Waals surface area (Å²) in [5.41, 5.74) is 0.0365. The highest BCUT2D eigenvalue weighted by atomic mass is 16.5. The average Bonchev–Trinajstić information content (AvgIpc) is 2.91. The monoisotopic (exact) mass is 613 g/mol. The van der Waals surface area contributed by atoms with E-state index < -0.39 is 17.5 Å². The van der Waals surface area contributed by atoms with E-state index in [2.05, 4.69) is 59.1 Å². The molecule has 0 bridgehead atoms. The van der Waals surface area contributed by atoms with Gasteiger partial charge in [-0.2, -0.15) is 0 Å². The molecule has 4 N–H and O–H groups in total. The number of amides is 3. The van der Waals surface area contributed by atoms with Crippen molar-refractivity contribution in [3.63, 3.8) is 0 Å². The van der Waals surface area contributed by atoms with Crippen LogP contribution in [0.2, 0.25) is 0 Å². The van der Waals surface area contributed by atoms with Crippen LogP contribution in [0.25, 0.3) is 0 Å². The van der Waals surface area contributed by atoms with E-state index >= 15 is 0 Å². The SMILES string of the molecule is CN(O)C(=O)N[C@@]1(C)CC[C@]2(C)CC[C@]3(C)C(=CC(=O)[C@@H]4[C@@]5(C)CC[C@H](NC(=O)CCC(=O)O)C(C)(C)[C@@H]5CC[C@]43C)[C@@H]2C1. The number of nitrogens with one attached hydrogen (secondary N) is 2. The zero-order chi connectivity index (χ0) is 32.7. The van der Waals surface area contributed by atoms with Crippen molar-refractivity contribution in [2.24, 2.45) is 44.8 Å². The third-order valence-corrected chi connectivity index (χ3v) is 14.2. The molecule has 3 amide bonds. The number of allylic oxidation sites excluding steroid dienone is 2. The number of ketones is 1. The number of fused-ring (bicyclic) bond motifs is 7. The lowest BCUT2D eigenvalue weighted by atomic mass is 9.33. The molecule has 246 valence electrons. The summed E-state index contributed by atoms with van der Waals surface area (Å²) in [5.74, 6) is -0.649. The maximum atomic E-state index is 14.6. The number of hydroxylamine groups is 2. The Labute approximate surface area is 262 Å². The van der Waals surface area contributed by atoms with Gasteiger partial charge in [0.2, 0.25) is 5.91 Å². The van der Waals surface area contributed by atoms with Gasteiger partial charge in [-0.05, 0) is 110 Å². The van der Waals surface area contributed by atoms with Crippen molar-refractivity contribution < 1.29 is 29.5 Å². The van der Waals surface area contributed by atoms with E-state index in [1.807, 2.05) is 6.08 Å². The first-order valence-corrected chi connectivity index (χ1v) is 16.7. The van der Waals surface area contributed by atoms with E-state index in [1.54, 1.807) is 0 Å². The van der Waals surface area contributed by atoms with Gasteiger partial charge in [-0.15, -0.1) is 0 Å². The summed E-state index contributed by atoms with van der Waals surface area (Å²) >= 11 is 0. The van der Waals surface area contributed by atoms with Gasteiger partial charge in [-0.3, -0.25) is 19.6 Å². The summed E-state index contributed by atoms with van der Waals surface area (Å²) in [5, 5.41) is 25.7. The highest BCUT2D eigenvalue weighted by Crippen LogP contribution is 2.74. The van der Waals surface area contributed by atoms with E-state index in [-0.39, 0.29) is 75.4 Å². The van der Waals surface area contributed by atoms with Gasteiger partial charge in [0.1, 0.15) is 0 Å². The quantitative estimate of drug-likeness (QED) is 0.219. The van der Waals surface area contributed by atoms with Gasteiger partial charge < -0.3 is 15.7 Å². The Morgan fingerprint density at radius 3 is 2.23 bits per heavy atom. The van der Waals surface area contributed by atoms with Crippen molar-refractivity contribution in [2.45, 2.75) is 131 Å². The van der Waals surface area contributed by atoms with Crippen LogP contribution in [0.5, 0.6) is 0 Å². The fraction of sp³-hybridized carbons (Fsp3) is 0.829. The number of carbonyl (C=O) groups excluding carboxylic acids is 3. The van der Waals surface area contributed by atoms with Crippen molar-refractivity contribution in [3.8, 4) is 0 Å². The number of carboxylic acids is 1. The molecule has 0 radical (unpaired) electrons. The van der Waals surface area contributed by atoms with E-state index in [1.165, 1.54) is 12.6 Å². The predicted molar refractivity (Wildman–Crippen MR) is 167 cm³/mol. The minimum atomic E-state index is -0.970. The summed E-state index contributed by atoms with van der Waals surface area (Å²) in [4.78, 5) is 50.8. The van der Waals surface area contributed by atoms with Gasteiger partial charge in [0, 0.05) is 31.0 Å². The van der Waals surface area contributed by atoms with Gasteiger partial charge >= 0.3 is 12.0 Å². The van der Waals surface area contributed by atoms with Gasteiger partial charge in [-0.25, -0.2) is 9.86 Å². The Bertz CT molecular complexity index is 1280. The van der Waals surface area contributed by atoms with Gasteiger partial charge in [0.25, 0.3) is 0 Å². The molecule has 9 atom stereocenters. The van der Waals surface area contributed by atoms with Crippen LogP contribution >= 0.6 is 0 Å². The Morgan fingerprint density at radius 1 is 0.932 bits per heavy atom. The second-order valence-electron chi connectivity index (χ2n) is 17.1. The number of hydrogen-bond donors (Lipinski definition) is 4. The van der Waals surface area contributed by atoms with Crippen LogP contribution < -0.4 is 10.6 Å². The molecule has 9 nitrogen and oxygen atoms in total. The van der Waals surface area contributed by atoms with E-state index in [4.69, 9.17) is 5.11 Å². The topological polar surface area (TPSA) is 136 Å². The summed E-state index contributed by atoms with van der Waals surface area (Å²) in [7, 11) is 1.34. The second kappa shape index (κ2) is 10.6. The molecule has 5 rings (SSSR count). The standard InChI is InChI=1S/C35H55N3O6/c1-30(2)24-11-14-35(7)28(33(24,5)13-12-25(30)36-26(40)9-10-27(41)42)23(39)19-21-22-20-32(4,37-29(43)38(8)44)17-15-31(22,3)16-18-34(21,35)6/h19,22,24-25,28,44H,9-18,20H2,1-8H3,(H,36,40)(H,37,43)(H,41,42)/t22-,24-,25-,28+,31+,32-,33-,34+,35+/m0/s1. The fourth-order valence-electron chi connectivity index (χ4n) is 11.4. The number of carboxylic acid groups (broad SMARTS) is 1. The second-order valence-corrected chi connectivity index (χ2v) is 17.1. The zero-order valence-corrected chi connectivity index (χ0v) is 28.1. The Balaban J connectivity index is 1.46. The van der Waals surface area contributed by atoms with Crippen molar-refractivity contribution >= 4 is 23.7 Å². The van der Waals surface area contributed by atoms with Crippen molar-refractivity contribution in [1.29, 1.82) is 0 Å². The molecule has 44 heavy (non-hydrogen) atoms. The fourth-order valence-corrected chi connectivity index (χ4v) is 11.4. The van der Waals surface area contributed by atoms with Gasteiger partial charge in [0.15, 0.2) is 5.78 Å². The molecule has 0 unspecified atom stereocenters. The summed E-state index contributed by atoms with van der Waals surface area (Å²) in [6, 6.07) is -0.562. The van der Waals surface area contributed by atoms with Crippen LogP contribution in [0.1, 0.15) is 119 Å². The first-order valence-electron chi connectivity index (χ1n) is 16.7. The molecule has 9 heteroatoms. The molecular weight excluding hydrogens is 558 g/mol. The average molecular weight is 614 g/mol. The van der Waals surface area contributed by atoms with E-state index in [9.17, 15) is 24.4 Å². The lowest BCUT2D eigenvalue weighted by Gasteiger charge is -2.70. The maximum absolute atomic E-state index is 14.6. The predicted octanol–water partition coefficient (Wildman–Crippen LogP) is 6.10. The van der Waals surface area contributed by atoms with E-state index in [0.29, 0.717) is 5.06 Å². The molecule has 0 heterocycles. The largest absolute Gasteiger partial charge is 0.481 e. The first kappa shape index (κ1) is 33.0. The molecule has 0 aromatic carbocycles.